The van der Waals surface area contributed by atoms with Crippen molar-refractivity contribution in [2.45, 2.75) is 39.9 Å². The minimum absolute atomic E-state index is 0.210. The van der Waals surface area contributed by atoms with Crippen molar-refractivity contribution < 1.29 is 19.1 Å². The number of aryl methyl sites for hydroxylation is 1. The zero-order valence-electron chi connectivity index (χ0n) is 11.1. The van der Waals surface area contributed by atoms with Gasteiger partial charge in [0.1, 0.15) is 0 Å². The predicted octanol–water partition coefficient (Wildman–Crippen LogP) is 2.55. The topological polar surface area (TPSA) is 52.6 Å². The van der Waals surface area contributed by atoms with Gasteiger partial charge in [-0.1, -0.05) is 36.8 Å². The minimum atomic E-state index is -0.887. The van der Waals surface area contributed by atoms with Crippen LogP contribution in [0.2, 0.25) is 0 Å². The summed E-state index contributed by atoms with van der Waals surface area (Å²) in [5, 5.41) is 0. The quantitative estimate of drug-likeness (QED) is 0.608. The van der Waals surface area contributed by atoms with Crippen LogP contribution in [0.25, 0.3) is 0 Å². The van der Waals surface area contributed by atoms with Crippen molar-refractivity contribution in [2.24, 2.45) is 0 Å². The van der Waals surface area contributed by atoms with Crippen molar-refractivity contribution in [3.05, 3.63) is 35.4 Å². The van der Waals surface area contributed by atoms with Crippen molar-refractivity contribution in [3.8, 4) is 0 Å². The molecule has 0 bridgehead atoms. The summed E-state index contributed by atoms with van der Waals surface area (Å²) >= 11 is 0. The fourth-order valence-corrected chi connectivity index (χ4v) is 1.67. The summed E-state index contributed by atoms with van der Waals surface area (Å²) in [6.07, 6.45) is -0.887. The van der Waals surface area contributed by atoms with Crippen LogP contribution in [-0.4, -0.2) is 18.2 Å². The van der Waals surface area contributed by atoms with Crippen LogP contribution in [-0.2, 0) is 19.1 Å². The molecule has 0 aliphatic heterocycles. The Kier molecular flexibility index (Phi) is 4.89. The van der Waals surface area contributed by atoms with E-state index in [2.05, 4.69) is 0 Å². The Morgan fingerprint density at radius 1 is 1.11 bits per heavy atom. The molecule has 98 valence electrons. The van der Waals surface area contributed by atoms with Crippen LogP contribution in [0.3, 0.4) is 0 Å². The molecule has 0 fully saturated rings. The summed E-state index contributed by atoms with van der Waals surface area (Å²) in [5.74, 6) is -1.15. The van der Waals surface area contributed by atoms with Gasteiger partial charge in [0.25, 0.3) is 6.29 Å². The number of hydrogen-bond acceptors (Lipinski definition) is 4. The zero-order chi connectivity index (χ0) is 13.7. The van der Waals surface area contributed by atoms with Crippen LogP contribution >= 0.6 is 0 Å². The predicted molar refractivity (Wildman–Crippen MR) is 66.9 cm³/mol. The lowest BCUT2D eigenvalue weighted by atomic mass is 9.99. The third-order valence-electron chi connectivity index (χ3n) is 2.54. The Labute approximate surface area is 107 Å². The molecule has 1 rings (SSSR count). The van der Waals surface area contributed by atoms with Crippen molar-refractivity contribution in [3.63, 3.8) is 0 Å². The van der Waals surface area contributed by atoms with E-state index in [4.69, 9.17) is 9.47 Å². The fraction of sp³-hybridized carbons (Fsp3) is 0.429. The van der Waals surface area contributed by atoms with Gasteiger partial charge in [-0.05, 0) is 12.5 Å². The van der Waals surface area contributed by atoms with Crippen molar-refractivity contribution >= 4 is 11.9 Å². The highest BCUT2D eigenvalue weighted by molar-refractivity contribution is 5.68. The fourth-order valence-electron chi connectivity index (χ4n) is 1.67. The van der Waals surface area contributed by atoms with Crippen LogP contribution in [0, 0.1) is 6.92 Å². The molecule has 0 saturated carbocycles. The first kappa shape index (κ1) is 14.2. The molecule has 0 spiro atoms. The third kappa shape index (κ3) is 4.20. The van der Waals surface area contributed by atoms with Gasteiger partial charge in [0.15, 0.2) is 0 Å². The smallest absolute Gasteiger partial charge is 0.305 e. The minimum Gasteiger partial charge on any atom is -0.425 e. The van der Waals surface area contributed by atoms with Gasteiger partial charge in [-0.2, -0.15) is 0 Å². The number of carbonyl (C=O) groups is 2. The van der Waals surface area contributed by atoms with E-state index in [0.717, 1.165) is 11.1 Å². The second-order valence-electron chi connectivity index (χ2n) is 4.29. The number of benzene rings is 1. The maximum atomic E-state index is 11.0. The van der Waals surface area contributed by atoms with Gasteiger partial charge in [0.2, 0.25) is 0 Å². The Hall–Kier alpha value is -1.84. The molecular formula is C14H18O4. The van der Waals surface area contributed by atoms with Crippen LogP contribution < -0.4 is 0 Å². The van der Waals surface area contributed by atoms with E-state index in [9.17, 15) is 9.59 Å². The first-order valence-electron chi connectivity index (χ1n) is 5.81. The molecule has 1 aromatic rings. The number of rotatable bonds is 4. The normalized spacial score (nSPS) is 12.1. The maximum absolute atomic E-state index is 11.0. The first-order valence-corrected chi connectivity index (χ1v) is 5.81. The summed E-state index contributed by atoms with van der Waals surface area (Å²) in [6, 6.07) is 7.78. The van der Waals surface area contributed by atoms with E-state index < -0.39 is 18.2 Å². The van der Waals surface area contributed by atoms with E-state index in [1.165, 1.54) is 13.8 Å². The Balaban J connectivity index is 2.90. The second kappa shape index (κ2) is 6.19. The number of ether oxygens (including phenoxy) is 2. The molecule has 0 N–H and O–H groups in total. The number of esters is 2. The second-order valence-corrected chi connectivity index (χ2v) is 4.29. The highest BCUT2D eigenvalue weighted by atomic mass is 16.7. The standard InChI is InChI=1S/C14H18O4/c1-9-6-5-7-13(8-9)10(2)14(17-11(3)15)18-12(4)16/h5-8,10,14H,1-4H3/t10-/m1/s1. The van der Waals surface area contributed by atoms with E-state index in [1.807, 2.05) is 38.1 Å². The van der Waals surface area contributed by atoms with Crippen LogP contribution in [0.1, 0.15) is 37.8 Å². The molecule has 0 radical (unpaired) electrons. The molecule has 0 saturated heterocycles. The Morgan fingerprint density at radius 2 is 1.67 bits per heavy atom. The molecule has 0 unspecified atom stereocenters. The lowest BCUT2D eigenvalue weighted by Gasteiger charge is -2.23. The summed E-state index contributed by atoms with van der Waals surface area (Å²) in [7, 11) is 0. The zero-order valence-corrected chi connectivity index (χ0v) is 11.1. The highest BCUT2D eigenvalue weighted by Gasteiger charge is 2.24. The number of carbonyl (C=O) groups excluding carboxylic acids is 2. The molecule has 0 aromatic heterocycles. The van der Waals surface area contributed by atoms with Gasteiger partial charge >= 0.3 is 11.9 Å². The molecular weight excluding hydrogens is 232 g/mol. The van der Waals surface area contributed by atoms with Gasteiger partial charge in [0.05, 0.1) is 5.92 Å². The van der Waals surface area contributed by atoms with E-state index >= 15 is 0 Å². The van der Waals surface area contributed by atoms with Gasteiger partial charge < -0.3 is 9.47 Å². The van der Waals surface area contributed by atoms with Crippen molar-refractivity contribution in [2.75, 3.05) is 0 Å². The molecule has 4 heteroatoms. The van der Waals surface area contributed by atoms with Crippen LogP contribution in [0.15, 0.2) is 24.3 Å². The maximum Gasteiger partial charge on any atom is 0.305 e. The molecule has 1 aromatic carbocycles. The van der Waals surface area contributed by atoms with Gasteiger partial charge in [-0.25, -0.2) is 0 Å². The SMILES string of the molecule is CC(=O)OC(OC(C)=O)[C@H](C)c1cccc(C)c1. The van der Waals surface area contributed by atoms with E-state index in [1.54, 1.807) is 0 Å². The lowest BCUT2D eigenvalue weighted by molar-refractivity contribution is -0.188. The lowest BCUT2D eigenvalue weighted by Crippen LogP contribution is -2.28. The molecule has 0 aliphatic carbocycles. The monoisotopic (exact) mass is 250 g/mol. The average Bonchev–Trinajstić information content (AvgIpc) is 2.26. The molecule has 4 nitrogen and oxygen atoms in total. The van der Waals surface area contributed by atoms with Gasteiger partial charge in [0, 0.05) is 13.8 Å². The largest absolute Gasteiger partial charge is 0.425 e. The van der Waals surface area contributed by atoms with E-state index in [-0.39, 0.29) is 5.92 Å². The average molecular weight is 250 g/mol. The molecule has 0 aliphatic rings. The summed E-state index contributed by atoms with van der Waals surface area (Å²) < 4.78 is 10.1. The Morgan fingerprint density at radius 3 is 2.11 bits per heavy atom. The van der Waals surface area contributed by atoms with E-state index in [0.29, 0.717) is 0 Å². The molecule has 18 heavy (non-hydrogen) atoms. The summed E-state index contributed by atoms with van der Waals surface area (Å²) in [5.41, 5.74) is 2.06. The highest BCUT2D eigenvalue weighted by Crippen LogP contribution is 2.23. The molecule has 1 atom stereocenters. The summed E-state index contributed by atoms with van der Waals surface area (Å²) in [4.78, 5) is 22.0. The van der Waals surface area contributed by atoms with Crippen LogP contribution in [0.4, 0.5) is 0 Å². The van der Waals surface area contributed by atoms with Gasteiger partial charge in [-0.3, -0.25) is 9.59 Å². The summed E-state index contributed by atoms with van der Waals surface area (Å²) in [6.45, 7) is 6.41. The van der Waals surface area contributed by atoms with Crippen LogP contribution in [0.5, 0.6) is 0 Å². The van der Waals surface area contributed by atoms with Gasteiger partial charge in [-0.15, -0.1) is 0 Å². The third-order valence-corrected chi connectivity index (χ3v) is 2.54. The molecule has 0 heterocycles. The Bertz CT molecular complexity index is 423. The number of hydrogen-bond donors (Lipinski definition) is 0. The van der Waals surface area contributed by atoms with Crippen molar-refractivity contribution in [1.82, 2.24) is 0 Å². The molecule has 0 amide bonds. The first-order chi connectivity index (χ1) is 8.40. The van der Waals surface area contributed by atoms with Crippen molar-refractivity contribution in [1.29, 1.82) is 0 Å².